The molecular weight excluding hydrogens is 410 g/mol. The Balaban J connectivity index is 1.55. The van der Waals surface area contributed by atoms with E-state index in [0.717, 1.165) is 5.56 Å². The largest absolute Gasteiger partial charge is 0.484 e. The second kappa shape index (κ2) is 9.70. The number of carbonyl (C=O) groups is 2. The SMILES string of the molecule is NC(=O)COc1ccc(C(=O)NCc2ccc(S(=O)(=O)N3CCOCC3)cc2)cc1. The standard InChI is InChI=1S/C20H23N3O6S/c21-19(24)14-29-17-5-3-16(4-6-17)20(25)22-13-15-1-7-18(8-2-15)30(26,27)23-9-11-28-12-10-23/h1-8H,9-14H2,(H2,21,24)(H,22,25). The molecule has 30 heavy (non-hydrogen) atoms. The molecule has 0 unspecified atom stereocenters. The number of amides is 2. The van der Waals surface area contributed by atoms with Gasteiger partial charge in [0.1, 0.15) is 5.75 Å². The van der Waals surface area contributed by atoms with Crippen LogP contribution in [0, 0.1) is 0 Å². The number of benzene rings is 2. The van der Waals surface area contributed by atoms with Crippen molar-refractivity contribution in [2.45, 2.75) is 11.4 Å². The van der Waals surface area contributed by atoms with Gasteiger partial charge >= 0.3 is 0 Å². The summed E-state index contributed by atoms with van der Waals surface area (Å²) in [4.78, 5) is 23.2. The maximum absolute atomic E-state index is 12.6. The van der Waals surface area contributed by atoms with Crippen LogP contribution in [-0.2, 0) is 26.1 Å². The number of hydrogen-bond acceptors (Lipinski definition) is 6. The van der Waals surface area contributed by atoms with Gasteiger partial charge in [-0.2, -0.15) is 4.31 Å². The van der Waals surface area contributed by atoms with Crippen LogP contribution >= 0.6 is 0 Å². The van der Waals surface area contributed by atoms with E-state index in [-0.39, 0.29) is 24.0 Å². The molecule has 0 atom stereocenters. The average Bonchev–Trinajstić information content (AvgIpc) is 2.77. The molecule has 3 rings (SSSR count). The zero-order valence-electron chi connectivity index (χ0n) is 16.2. The Morgan fingerprint density at radius 3 is 2.27 bits per heavy atom. The third-order valence-electron chi connectivity index (χ3n) is 4.48. The van der Waals surface area contributed by atoms with Crippen LogP contribution in [0.4, 0.5) is 0 Å². The van der Waals surface area contributed by atoms with Gasteiger partial charge in [-0.1, -0.05) is 12.1 Å². The Hall–Kier alpha value is -2.95. The first-order valence-electron chi connectivity index (χ1n) is 9.32. The molecule has 1 saturated heterocycles. The molecule has 10 heteroatoms. The van der Waals surface area contributed by atoms with Crippen molar-refractivity contribution >= 4 is 21.8 Å². The molecule has 0 bridgehead atoms. The lowest BCUT2D eigenvalue weighted by molar-refractivity contribution is -0.119. The van der Waals surface area contributed by atoms with E-state index in [9.17, 15) is 18.0 Å². The van der Waals surface area contributed by atoms with Gasteiger partial charge in [0.15, 0.2) is 6.61 Å². The minimum absolute atomic E-state index is 0.214. The highest BCUT2D eigenvalue weighted by Gasteiger charge is 2.26. The second-order valence-electron chi connectivity index (χ2n) is 6.62. The highest BCUT2D eigenvalue weighted by molar-refractivity contribution is 7.89. The molecule has 1 heterocycles. The van der Waals surface area contributed by atoms with Crippen molar-refractivity contribution in [3.05, 3.63) is 59.7 Å². The van der Waals surface area contributed by atoms with E-state index in [1.807, 2.05) is 0 Å². The number of sulfonamides is 1. The Kier molecular flexibility index (Phi) is 7.03. The molecule has 0 spiro atoms. The van der Waals surface area contributed by atoms with Crippen molar-refractivity contribution in [2.75, 3.05) is 32.9 Å². The van der Waals surface area contributed by atoms with Gasteiger partial charge in [-0.05, 0) is 42.0 Å². The van der Waals surface area contributed by atoms with E-state index in [1.165, 1.54) is 16.4 Å². The smallest absolute Gasteiger partial charge is 0.255 e. The van der Waals surface area contributed by atoms with E-state index in [0.29, 0.717) is 37.6 Å². The molecule has 2 amide bonds. The van der Waals surface area contributed by atoms with Gasteiger partial charge in [-0.25, -0.2) is 8.42 Å². The molecule has 3 N–H and O–H groups in total. The third kappa shape index (κ3) is 5.56. The summed E-state index contributed by atoms with van der Waals surface area (Å²) in [5.74, 6) is -0.440. The van der Waals surface area contributed by atoms with Crippen molar-refractivity contribution in [1.29, 1.82) is 0 Å². The maximum Gasteiger partial charge on any atom is 0.255 e. The van der Waals surface area contributed by atoms with Crippen LogP contribution in [0.2, 0.25) is 0 Å². The number of carbonyl (C=O) groups excluding carboxylic acids is 2. The summed E-state index contributed by atoms with van der Waals surface area (Å²) in [5.41, 5.74) is 6.21. The Morgan fingerprint density at radius 1 is 1.03 bits per heavy atom. The molecular formula is C20H23N3O6S. The van der Waals surface area contributed by atoms with E-state index in [2.05, 4.69) is 5.32 Å². The van der Waals surface area contributed by atoms with Crippen LogP contribution in [0.1, 0.15) is 15.9 Å². The van der Waals surface area contributed by atoms with Gasteiger partial charge in [-0.15, -0.1) is 0 Å². The minimum Gasteiger partial charge on any atom is -0.484 e. The number of ether oxygens (including phenoxy) is 2. The number of morpholine rings is 1. The predicted molar refractivity (Wildman–Crippen MR) is 108 cm³/mol. The summed E-state index contributed by atoms with van der Waals surface area (Å²) in [6.45, 7) is 1.47. The molecule has 0 aliphatic carbocycles. The van der Waals surface area contributed by atoms with Gasteiger partial charge in [0.25, 0.3) is 11.8 Å². The molecule has 0 aromatic heterocycles. The molecule has 2 aromatic carbocycles. The van der Waals surface area contributed by atoms with Crippen molar-refractivity contribution in [2.24, 2.45) is 5.73 Å². The molecule has 1 aliphatic rings. The van der Waals surface area contributed by atoms with Gasteiger partial charge < -0.3 is 20.5 Å². The molecule has 1 fully saturated rings. The van der Waals surface area contributed by atoms with Crippen molar-refractivity contribution < 1.29 is 27.5 Å². The van der Waals surface area contributed by atoms with Crippen LogP contribution in [0.15, 0.2) is 53.4 Å². The molecule has 160 valence electrons. The number of nitrogens with zero attached hydrogens (tertiary/aromatic N) is 1. The van der Waals surface area contributed by atoms with Gasteiger partial charge in [-0.3, -0.25) is 9.59 Å². The fourth-order valence-electron chi connectivity index (χ4n) is 2.86. The average molecular weight is 433 g/mol. The number of nitrogens with one attached hydrogen (secondary N) is 1. The highest BCUT2D eigenvalue weighted by Crippen LogP contribution is 2.18. The monoisotopic (exact) mass is 433 g/mol. The minimum atomic E-state index is -3.54. The summed E-state index contributed by atoms with van der Waals surface area (Å²) in [6, 6.07) is 12.7. The Morgan fingerprint density at radius 2 is 1.67 bits per heavy atom. The van der Waals surface area contributed by atoms with E-state index >= 15 is 0 Å². The van der Waals surface area contributed by atoms with Crippen molar-refractivity contribution in [3.63, 3.8) is 0 Å². The quantitative estimate of drug-likeness (QED) is 0.624. The van der Waals surface area contributed by atoms with E-state index < -0.39 is 15.9 Å². The Bertz CT molecular complexity index is 984. The Labute approximate surface area is 174 Å². The predicted octanol–water partition coefficient (Wildman–Crippen LogP) is 0.502. The molecule has 0 radical (unpaired) electrons. The van der Waals surface area contributed by atoms with Crippen LogP contribution in [0.25, 0.3) is 0 Å². The lowest BCUT2D eigenvalue weighted by Crippen LogP contribution is -2.40. The summed E-state index contributed by atoms with van der Waals surface area (Å²) in [7, 11) is -3.54. The molecule has 9 nitrogen and oxygen atoms in total. The number of hydrogen-bond donors (Lipinski definition) is 2. The normalized spacial score (nSPS) is 14.8. The highest BCUT2D eigenvalue weighted by atomic mass is 32.2. The second-order valence-corrected chi connectivity index (χ2v) is 8.56. The number of primary amides is 1. The van der Waals surface area contributed by atoms with Crippen LogP contribution in [0.5, 0.6) is 5.75 Å². The first-order chi connectivity index (χ1) is 14.4. The molecule has 2 aromatic rings. The van der Waals surface area contributed by atoms with Gasteiger partial charge in [0, 0.05) is 25.2 Å². The fraction of sp³-hybridized carbons (Fsp3) is 0.300. The van der Waals surface area contributed by atoms with E-state index in [4.69, 9.17) is 15.2 Å². The summed E-state index contributed by atoms with van der Waals surface area (Å²) in [6.07, 6.45) is 0. The van der Waals surface area contributed by atoms with Gasteiger partial charge in [0.2, 0.25) is 10.0 Å². The first-order valence-corrected chi connectivity index (χ1v) is 10.8. The van der Waals surface area contributed by atoms with E-state index in [1.54, 1.807) is 36.4 Å². The van der Waals surface area contributed by atoms with Crippen LogP contribution in [0.3, 0.4) is 0 Å². The molecule has 1 aliphatic heterocycles. The summed E-state index contributed by atoms with van der Waals surface area (Å²) < 4.78 is 37.0. The zero-order chi connectivity index (χ0) is 21.6. The summed E-state index contributed by atoms with van der Waals surface area (Å²) in [5, 5.41) is 2.78. The van der Waals surface area contributed by atoms with Crippen LogP contribution < -0.4 is 15.8 Å². The lowest BCUT2D eigenvalue weighted by atomic mass is 10.2. The number of rotatable bonds is 8. The third-order valence-corrected chi connectivity index (χ3v) is 6.39. The maximum atomic E-state index is 12.6. The fourth-order valence-corrected chi connectivity index (χ4v) is 4.26. The van der Waals surface area contributed by atoms with Crippen molar-refractivity contribution in [3.8, 4) is 5.75 Å². The van der Waals surface area contributed by atoms with Crippen molar-refractivity contribution in [1.82, 2.24) is 9.62 Å². The zero-order valence-corrected chi connectivity index (χ0v) is 17.1. The topological polar surface area (TPSA) is 128 Å². The number of nitrogens with two attached hydrogens (primary N) is 1. The van der Waals surface area contributed by atoms with Gasteiger partial charge in [0.05, 0.1) is 18.1 Å². The van der Waals surface area contributed by atoms with Crippen LogP contribution in [-0.4, -0.2) is 57.4 Å². The first kappa shape index (κ1) is 21.8. The summed E-state index contributed by atoms with van der Waals surface area (Å²) >= 11 is 0. The lowest BCUT2D eigenvalue weighted by Gasteiger charge is -2.26. The molecule has 0 saturated carbocycles.